The Labute approximate surface area is 105 Å². The van der Waals surface area contributed by atoms with Crippen LogP contribution in [-0.2, 0) is 4.74 Å². The number of rotatable bonds is 4. The Bertz CT molecular complexity index is 257. The molecule has 2 N–H and O–H groups in total. The van der Waals surface area contributed by atoms with Gasteiger partial charge in [0.25, 0.3) is 0 Å². The summed E-state index contributed by atoms with van der Waals surface area (Å²) in [5.41, 5.74) is 7.47. The molecule has 1 saturated heterocycles. The van der Waals surface area contributed by atoms with E-state index in [9.17, 15) is 0 Å². The maximum Gasteiger partial charge on any atom is 0.0614 e. The fraction of sp³-hybridized carbons (Fsp3) is 0.857. The van der Waals surface area contributed by atoms with Gasteiger partial charge in [0.15, 0.2) is 0 Å². The van der Waals surface area contributed by atoms with E-state index in [1.807, 2.05) is 0 Å². The molecule has 0 saturated carbocycles. The van der Waals surface area contributed by atoms with Crippen molar-refractivity contribution in [1.82, 2.24) is 4.90 Å². The molecule has 98 valence electrons. The second kappa shape index (κ2) is 6.41. The molecule has 2 aliphatic rings. The molecular formula is C14H26N2O. The molecular weight excluding hydrogens is 212 g/mol. The first-order chi connectivity index (χ1) is 8.29. The summed E-state index contributed by atoms with van der Waals surface area (Å²) >= 11 is 0. The molecule has 0 aromatic heterocycles. The highest BCUT2D eigenvalue weighted by molar-refractivity contribution is 5.07. The summed E-state index contributed by atoms with van der Waals surface area (Å²) in [6.45, 7) is 5.37. The van der Waals surface area contributed by atoms with Crippen LogP contribution in [-0.4, -0.2) is 36.7 Å². The number of likely N-dealkylation sites (tertiary alicyclic amines) is 1. The number of allylic oxidation sites excluding steroid dienone is 1. The lowest BCUT2D eigenvalue weighted by Gasteiger charge is -2.36. The van der Waals surface area contributed by atoms with Gasteiger partial charge in [0.2, 0.25) is 0 Å². The average molecular weight is 238 g/mol. The molecule has 0 aromatic rings. The van der Waals surface area contributed by atoms with Crippen LogP contribution >= 0.6 is 0 Å². The molecule has 1 aliphatic carbocycles. The minimum Gasteiger partial charge on any atom is -0.378 e. The van der Waals surface area contributed by atoms with Crippen LogP contribution in [0.4, 0.5) is 0 Å². The van der Waals surface area contributed by atoms with Gasteiger partial charge in [-0.25, -0.2) is 0 Å². The van der Waals surface area contributed by atoms with Crippen LogP contribution in [0.3, 0.4) is 0 Å². The molecule has 0 bridgehead atoms. The maximum absolute atomic E-state index is 5.94. The molecule has 3 nitrogen and oxygen atoms in total. The maximum atomic E-state index is 5.94. The van der Waals surface area contributed by atoms with E-state index in [-0.39, 0.29) is 0 Å². The molecule has 1 atom stereocenters. The summed E-state index contributed by atoms with van der Waals surface area (Å²) in [6.07, 6.45) is 9.74. The third-order valence-corrected chi connectivity index (χ3v) is 3.84. The van der Waals surface area contributed by atoms with Crippen LogP contribution in [0.2, 0.25) is 0 Å². The average Bonchev–Trinajstić information content (AvgIpc) is 2.38. The van der Waals surface area contributed by atoms with Crippen LogP contribution in [0.1, 0.15) is 45.4 Å². The van der Waals surface area contributed by atoms with E-state index >= 15 is 0 Å². The summed E-state index contributed by atoms with van der Waals surface area (Å²) < 4.78 is 5.80. The molecule has 2 rings (SSSR count). The van der Waals surface area contributed by atoms with Crippen molar-refractivity contribution < 1.29 is 4.74 Å². The van der Waals surface area contributed by atoms with E-state index in [2.05, 4.69) is 17.9 Å². The molecule has 0 spiro atoms. The largest absolute Gasteiger partial charge is 0.378 e. The third-order valence-electron chi connectivity index (χ3n) is 3.84. The SMILES string of the molecule is CCCO[C@H]1CC=C(N2CCC(N)CC2)CC1. The molecule has 1 fully saturated rings. The minimum atomic E-state index is 0.427. The van der Waals surface area contributed by atoms with E-state index in [0.29, 0.717) is 12.1 Å². The Balaban J connectivity index is 1.77. The lowest BCUT2D eigenvalue weighted by molar-refractivity contribution is 0.0437. The summed E-state index contributed by atoms with van der Waals surface area (Å²) in [7, 11) is 0. The van der Waals surface area contributed by atoms with Gasteiger partial charge in [-0.3, -0.25) is 0 Å². The fourth-order valence-electron chi connectivity index (χ4n) is 2.71. The first kappa shape index (κ1) is 12.9. The monoisotopic (exact) mass is 238 g/mol. The zero-order valence-electron chi connectivity index (χ0n) is 11.0. The molecule has 0 amide bonds. The number of piperidine rings is 1. The summed E-state index contributed by atoms with van der Waals surface area (Å²) in [5.74, 6) is 0. The molecule has 0 unspecified atom stereocenters. The number of ether oxygens (including phenoxy) is 1. The van der Waals surface area contributed by atoms with Gasteiger partial charge in [0.1, 0.15) is 0 Å². The number of hydrogen-bond donors (Lipinski definition) is 1. The lowest BCUT2D eigenvalue weighted by atomic mass is 9.98. The molecule has 0 aromatic carbocycles. The first-order valence-corrected chi connectivity index (χ1v) is 7.10. The van der Waals surface area contributed by atoms with Gasteiger partial charge >= 0.3 is 0 Å². The highest BCUT2D eigenvalue weighted by Gasteiger charge is 2.21. The van der Waals surface area contributed by atoms with Gasteiger partial charge in [-0.15, -0.1) is 0 Å². The van der Waals surface area contributed by atoms with E-state index in [4.69, 9.17) is 10.5 Å². The quantitative estimate of drug-likeness (QED) is 0.816. The van der Waals surface area contributed by atoms with Crippen LogP contribution in [0, 0.1) is 0 Å². The molecule has 1 heterocycles. The van der Waals surface area contributed by atoms with Gasteiger partial charge in [-0.1, -0.05) is 13.0 Å². The Hall–Kier alpha value is -0.540. The van der Waals surface area contributed by atoms with Crippen LogP contribution in [0.5, 0.6) is 0 Å². The van der Waals surface area contributed by atoms with Crippen molar-refractivity contribution in [2.24, 2.45) is 5.73 Å². The molecule has 1 aliphatic heterocycles. The van der Waals surface area contributed by atoms with Crippen molar-refractivity contribution >= 4 is 0 Å². The Morgan fingerprint density at radius 3 is 2.71 bits per heavy atom. The van der Waals surface area contributed by atoms with Crippen LogP contribution in [0.25, 0.3) is 0 Å². The minimum absolute atomic E-state index is 0.427. The van der Waals surface area contributed by atoms with E-state index in [1.54, 1.807) is 0 Å². The first-order valence-electron chi connectivity index (χ1n) is 7.10. The second-order valence-electron chi connectivity index (χ2n) is 5.29. The summed E-state index contributed by atoms with van der Waals surface area (Å²) in [5, 5.41) is 0. The van der Waals surface area contributed by atoms with Gasteiger partial charge in [0, 0.05) is 31.4 Å². The Kier molecular flexibility index (Phi) is 4.86. The standard InChI is InChI=1S/C14H26N2O/c1-2-11-17-14-5-3-13(4-6-14)16-9-7-12(15)8-10-16/h3,12,14H,2,4-11,15H2,1H3/t14-/m0/s1. The lowest BCUT2D eigenvalue weighted by Crippen LogP contribution is -2.39. The van der Waals surface area contributed by atoms with E-state index in [1.165, 1.54) is 18.5 Å². The van der Waals surface area contributed by atoms with Crippen molar-refractivity contribution in [2.75, 3.05) is 19.7 Å². The van der Waals surface area contributed by atoms with Gasteiger partial charge in [-0.05, 0) is 38.5 Å². The summed E-state index contributed by atoms with van der Waals surface area (Å²) in [4.78, 5) is 2.53. The van der Waals surface area contributed by atoms with Crippen molar-refractivity contribution in [3.05, 3.63) is 11.8 Å². The van der Waals surface area contributed by atoms with Crippen molar-refractivity contribution in [3.8, 4) is 0 Å². The number of nitrogens with zero attached hydrogens (tertiary/aromatic N) is 1. The van der Waals surface area contributed by atoms with Gasteiger partial charge < -0.3 is 15.4 Å². The zero-order valence-corrected chi connectivity index (χ0v) is 11.0. The van der Waals surface area contributed by atoms with Crippen molar-refractivity contribution in [2.45, 2.75) is 57.6 Å². The van der Waals surface area contributed by atoms with E-state index < -0.39 is 0 Å². The number of nitrogens with two attached hydrogens (primary N) is 1. The fourth-order valence-corrected chi connectivity index (χ4v) is 2.71. The van der Waals surface area contributed by atoms with Crippen molar-refractivity contribution in [1.29, 1.82) is 0 Å². The molecule has 3 heteroatoms. The topological polar surface area (TPSA) is 38.5 Å². The van der Waals surface area contributed by atoms with Gasteiger partial charge in [0.05, 0.1) is 6.10 Å². The second-order valence-corrected chi connectivity index (χ2v) is 5.29. The predicted octanol–water partition coefficient (Wildman–Crippen LogP) is 2.27. The smallest absolute Gasteiger partial charge is 0.0614 e. The predicted molar refractivity (Wildman–Crippen MR) is 70.7 cm³/mol. The molecule has 17 heavy (non-hydrogen) atoms. The van der Waals surface area contributed by atoms with E-state index in [0.717, 1.165) is 45.4 Å². The van der Waals surface area contributed by atoms with Crippen molar-refractivity contribution in [3.63, 3.8) is 0 Å². The van der Waals surface area contributed by atoms with Crippen LogP contribution in [0.15, 0.2) is 11.8 Å². The van der Waals surface area contributed by atoms with Crippen LogP contribution < -0.4 is 5.73 Å². The normalized spacial score (nSPS) is 27.1. The third kappa shape index (κ3) is 3.71. The number of hydrogen-bond acceptors (Lipinski definition) is 3. The summed E-state index contributed by atoms with van der Waals surface area (Å²) in [6, 6.07) is 0.427. The zero-order chi connectivity index (χ0) is 12.1. The molecule has 0 radical (unpaired) electrons. The Morgan fingerprint density at radius 1 is 1.35 bits per heavy atom. The highest BCUT2D eigenvalue weighted by Crippen LogP contribution is 2.25. The Morgan fingerprint density at radius 2 is 2.12 bits per heavy atom. The highest BCUT2D eigenvalue weighted by atomic mass is 16.5. The van der Waals surface area contributed by atoms with Gasteiger partial charge in [-0.2, -0.15) is 0 Å².